The molecule has 232 valence electrons. The molecule has 0 unspecified atom stereocenters. The van der Waals surface area contributed by atoms with Crippen molar-refractivity contribution in [3.8, 4) is 5.75 Å². The first-order chi connectivity index (χ1) is 20.2. The van der Waals surface area contributed by atoms with E-state index < -0.39 is 34.1 Å². The van der Waals surface area contributed by atoms with Crippen molar-refractivity contribution in [1.29, 1.82) is 0 Å². The molecule has 2 aliphatic rings. The number of amides is 1. The molecule has 1 amide bonds. The molecule has 0 spiro atoms. The lowest BCUT2D eigenvalue weighted by Crippen LogP contribution is -2.60. The number of benzene rings is 2. The number of sulfonamides is 1. The first-order valence-electron chi connectivity index (χ1n) is 13.9. The number of hydrogen-bond acceptors (Lipinski definition) is 8. The fraction of sp³-hybridized carbons (Fsp3) is 0.448. The zero-order chi connectivity index (χ0) is 31.0. The number of ether oxygens (including phenoxy) is 1. The first kappa shape index (κ1) is 31.2. The summed E-state index contributed by atoms with van der Waals surface area (Å²) in [7, 11) is -4.25. The maximum atomic E-state index is 13.7. The molecule has 1 atom stereocenters. The summed E-state index contributed by atoms with van der Waals surface area (Å²) in [4.78, 5) is 21.2. The predicted octanol–water partition coefficient (Wildman–Crippen LogP) is 4.18. The molecular weight excluding hydrogens is 603 g/mol. The Morgan fingerprint density at radius 3 is 2.42 bits per heavy atom. The quantitative estimate of drug-likeness (QED) is 0.401. The van der Waals surface area contributed by atoms with E-state index in [4.69, 9.17) is 4.98 Å². The van der Waals surface area contributed by atoms with Gasteiger partial charge >= 0.3 is 6.36 Å². The van der Waals surface area contributed by atoms with Gasteiger partial charge in [0.15, 0.2) is 5.13 Å². The van der Waals surface area contributed by atoms with Gasteiger partial charge in [-0.05, 0) is 40.8 Å². The summed E-state index contributed by atoms with van der Waals surface area (Å²) in [6.45, 7) is 8.44. The maximum Gasteiger partial charge on any atom is 0.573 e. The van der Waals surface area contributed by atoms with Gasteiger partial charge in [0.2, 0.25) is 15.9 Å². The largest absolute Gasteiger partial charge is 0.573 e. The smallest absolute Gasteiger partial charge is 0.406 e. The second-order valence-corrected chi connectivity index (χ2v) is 14.5. The van der Waals surface area contributed by atoms with Crippen molar-refractivity contribution in [3.63, 3.8) is 0 Å². The first-order valence-corrected chi connectivity index (χ1v) is 16.2. The number of nitrogens with zero attached hydrogens (tertiary/aromatic N) is 3. The van der Waals surface area contributed by atoms with Gasteiger partial charge in [0.05, 0.1) is 10.6 Å². The Morgan fingerprint density at radius 2 is 1.79 bits per heavy atom. The highest BCUT2D eigenvalue weighted by molar-refractivity contribution is 7.89. The second kappa shape index (κ2) is 12.1. The number of aromatic nitrogens is 1. The molecule has 0 bridgehead atoms. The zero-order valence-corrected chi connectivity index (χ0v) is 25.7. The van der Waals surface area contributed by atoms with Gasteiger partial charge in [0, 0.05) is 50.6 Å². The summed E-state index contributed by atoms with van der Waals surface area (Å²) >= 11 is 1.53. The third-order valence-corrected chi connectivity index (χ3v) is 10.5. The van der Waals surface area contributed by atoms with Crippen LogP contribution < -0.4 is 20.3 Å². The van der Waals surface area contributed by atoms with Crippen molar-refractivity contribution in [2.75, 3.05) is 31.1 Å². The predicted molar refractivity (Wildman–Crippen MR) is 158 cm³/mol. The normalized spacial score (nSPS) is 18.3. The fourth-order valence-corrected chi connectivity index (χ4v) is 7.75. The fourth-order valence-electron chi connectivity index (χ4n) is 5.07. The van der Waals surface area contributed by atoms with Crippen LogP contribution in [0.15, 0.2) is 53.4 Å². The van der Waals surface area contributed by atoms with Crippen LogP contribution in [-0.2, 0) is 39.7 Å². The van der Waals surface area contributed by atoms with Gasteiger partial charge in [0.25, 0.3) is 0 Å². The van der Waals surface area contributed by atoms with Crippen LogP contribution in [0.25, 0.3) is 0 Å². The lowest BCUT2D eigenvalue weighted by molar-refractivity contribution is -0.274. The van der Waals surface area contributed by atoms with Crippen LogP contribution in [0.2, 0.25) is 0 Å². The zero-order valence-electron chi connectivity index (χ0n) is 24.1. The molecule has 9 nitrogen and oxygen atoms in total. The average Bonchev–Trinajstić information content (AvgIpc) is 3.39. The molecule has 3 aromatic rings. The number of carbonyl (C=O) groups is 1. The summed E-state index contributed by atoms with van der Waals surface area (Å²) in [6.07, 6.45) is -4.11. The lowest BCUT2D eigenvalue weighted by atomic mass is 9.87. The van der Waals surface area contributed by atoms with Crippen molar-refractivity contribution >= 4 is 32.4 Å². The van der Waals surface area contributed by atoms with E-state index in [2.05, 4.69) is 36.1 Å². The van der Waals surface area contributed by atoms with Crippen molar-refractivity contribution in [1.82, 2.24) is 19.9 Å². The van der Waals surface area contributed by atoms with Crippen LogP contribution in [-0.4, -0.2) is 62.2 Å². The second-order valence-electron chi connectivity index (χ2n) is 11.6. The Morgan fingerprint density at radius 1 is 1.09 bits per heavy atom. The minimum atomic E-state index is -4.90. The molecule has 43 heavy (non-hydrogen) atoms. The molecule has 5 rings (SSSR count). The third kappa shape index (κ3) is 7.31. The molecular formula is C29H34F3N5O4S2. The number of carbonyl (C=O) groups excluding carboxylic acids is 1. The monoisotopic (exact) mass is 637 g/mol. The summed E-state index contributed by atoms with van der Waals surface area (Å²) in [5.74, 6) is -1.02. The van der Waals surface area contributed by atoms with Gasteiger partial charge < -0.3 is 20.3 Å². The minimum Gasteiger partial charge on any atom is -0.406 e. The molecule has 2 N–H and O–H groups in total. The van der Waals surface area contributed by atoms with E-state index in [0.717, 1.165) is 68.4 Å². The van der Waals surface area contributed by atoms with Gasteiger partial charge in [0.1, 0.15) is 11.8 Å². The number of hydrogen-bond donors (Lipinski definition) is 2. The Labute approximate surface area is 253 Å². The van der Waals surface area contributed by atoms with Crippen molar-refractivity contribution < 1.29 is 31.1 Å². The van der Waals surface area contributed by atoms with E-state index in [9.17, 15) is 26.4 Å². The molecule has 1 aromatic heterocycles. The standard InChI is InChI=1S/C29H34F3N5O4S2/c1-28(2,3)20-6-4-19(5-7-20)16-34-26(38)24-18-36(27-35-23-12-13-33-17-25(23)42-27)14-15-37(24)43(39,40)22-10-8-21(9-11-22)41-29(30,31)32/h4-11,24,33H,12-18H2,1-3H3,(H,34,38)/t24-/m1/s1. The number of piperazine rings is 1. The van der Waals surface area contributed by atoms with E-state index in [1.54, 1.807) is 0 Å². The number of halogens is 3. The highest BCUT2D eigenvalue weighted by Crippen LogP contribution is 2.32. The molecule has 3 heterocycles. The van der Waals surface area contributed by atoms with E-state index >= 15 is 0 Å². The Hall–Kier alpha value is -3.20. The molecule has 2 aromatic carbocycles. The molecule has 0 saturated carbocycles. The summed E-state index contributed by atoms with van der Waals surface area (Å²) in [5.41, 5.74) is 3.00. The summed E-state index contributed by atoms with van der Waals surface area (Å²) in [5, 5.41) is 6.94. The molecule has 1 saturated heterocycles. The van der Waals surface area contributed by atoms with Crippen molar-refractivity contribution in [3.05, 3.63) is 70.2 Å². The minimum absolute atomic E-state index is 0.00992. The summed E-state index contributed by atoms with van der Waals surface area (Å²) < 4.78 is 70.4. The van der Waals surface area contributed by atoms with Crippen LogP contribution in [0.5, 0.6) is 5.75 Å². The number of rotatable bonds is 7. The van der Waals surface area contributed by atoms with Gasteiger partial charge in [-0.2, -0.15) is 4.31 Å². The van der Waals surface area contributed by atoms with Gasteiger partial charge in [-0.25, -0.2) is 13.4 Å². The van der Waals surface area contributed by atoms with E-state index in [1.165, 1.54) is 11.3 Å². The number of alkyl halides is 3. The molecule has 0 radical (unpaired) electrons. The van der Waals surface area contributed by atoms with Crippen molar-refractivity contribution in [2.24, 2.45) is 0 Å². The van der Waals surface area contributed by atoms with Gasteiger partial charge in [-0.15, -0.1) is 24.5 Å². The molecule has 14 heteroatoms. The number of nitrogens with one attached hydrogen (secondary N) is 2. The van der Waals surface area contributed by atoms with E-state index in [-0.39, 0.29) is 29.9 Å². The Balaban J connectivity index is 1.38. The van der Waals surface area contributed by atoms with Crippen LogP contribution in [0.4, 0.5) is 18.3 Å². The van der Waals surface area contributed by atoms with Gasteiger partial charge in [-0.1, -0.05) is 45.0 Å². The topological polar surface area (TPSA) is 104 Å². The average molecular weight is 638 g/mol. The Bertz CT molecular complexity index is 1530. The maximum absolute atomic E-state index is 13.7. The van der Waals surface area contributed by atoms with Gasteiger partial charge in [-0.3, -0.25) is 4.79 Å². The van der Waals surface area contributed by atoms with E-state index in [1.807, 2.05) is 29.2 Å². The number of anilines is 1. The van der Waals surface area contributed by atoms with Crippen LogP contribution in [0.3, 0.4) is 0 Å². The SMILES string of the molecule is CC(C)(C)c1ccc(CNC(=O)[C@H]2CN(c3nc4c(s3)CNCC4)CCN2S(=O)(=O)c2ccc(OC(F)(F)F)cc2)cc1. The van der Waals surface area contributed by atoms with Crippen molar-refractivity contribution in [2.45, 2.75) is 63.0 Å². The highest BCUT2D eigenvalue weighted by Gasteiger charge is 2.41. The molecule has 0 aliphatic carbocycles. The highest BCUT2D eigenvalue weighted by atomic mass is 32.2. The molecule has 1 fully saturated rings. The third-order valence-electron chi connectivity index (χ3n) is 7.45. The number of thiazole rings is 1. The van der Waals surface area contributed by atoms with Crippen LogP contribution in [0.1, 0.15) is 42.5 Å². The van der Waals surface area contributed by atoms with Crippen LogP contribution in [0, 0.1) is 0 Å². The van der Waals surface area contributed by atoms with E-state index in [0.29, 0.717) is 13.1 Å². The summed E-state index contributed by atoms with van der Waals surface area (Å²) in [6, 6.07) is 10.8. The Kier molecular flexibility index (Phi) is 8.76. The lowest BCUT2D eigenvalue weighted by Gasteiger charge is -2.39. The van der Waals surface area contributed by atoms with Crippen LogP contribution >= 0.6 is 11.3 Å². The molecule has 2 aliphatic heterocycles. The number of fused-ring (bicyclic) bond motifs is 1.